The van der Waals surface area contributed by atoms with E-state index >= 15 is 0 Å². The van der Waals surface area contributed by atoms with Gasteiger partial charge in [0.25, 0.3) is 0 Å². The van der Waals surface area contributed by atoms with Crippen molar-refractivity contribution in [2.24, 2.45) is 0 Å². The zero-order valence-electron chi connectivity index (χ0n) is 16.4. The largest absolute Gasteiger partial charge is 0.493 e. The molecule has 1 aromatic carbocycles. The Morgan fingerprint density at radius 1 is 0.960 bits per heavy atom. The second-order valence-corrected chi connectivity index (χ2v) is 7.29. The summed E-state index contributed by atoms with van der Waals surface area (Å²) in [6.07, 6.45) is 0.878. The van der Waals surface area contributed by atoms with Crippen molar-refractivity contribution < 1.29 is 9.47 Å². The van der Waals surface area contributed by atoms with Crippen molar-refractivity contribution >= 4 is 0 Å². The Hall–Kier alpha value is -2.03. The van der Waals surface area contributed by atoms with Gasteiger partial charge in [-0.25, -0.2) is 4.98 Å². The molecule has 0 spiro atoms. The Bertz CT molecular complexity index is 679. The van der Waals surface area contributed by atoms with Crippen LogP contribution >= 0.6 is 0 Å². The summed E-state index contributed by atoms with van der Waals surface area (Å²) >= 11 is 0. The molecule has 0 aliphatic rings. The van der Waals surface area contributed by atoms with Crippen molar-refractivity contribution in [3.8, 4) is 11.6 Å². The van der Waals surface area contributed by atoms with Gasteiger partial charge in [-0.3, -0.25) is 0 Å². The van der Waals surface area contributed by atoms with Crippen molar-refractivity contribution in [3.05, 3.63) is 53.2 Å². The van der Waals surface area contributed by atoms with Crippen molar-refractivity contribution in [1.82, 2.24) is 4.98 Å². The molecule has 1 atom stereocenters. The average Bonchev–Trinajstić information content (AvgIpc) is 2.56. The highest BCUT2D eigenvalue weighted by molar-refractivity contribution is 5.36. The number of rotatable bonds is 8. The normalized spacial score (nSPS) is 12.5. The van der Waals surface area contributed by atoms with Gasteiger partial charge in [0.05, 0.1) is 6.61 Å². The highest BCUT2D eigenvalue weighted by Gasteiger charge is 2.09. The van der Waals surface area contributed by atoms with Crippen LogP contribution in [0, 0.1) is 6.92 Å². The number of aryl methyl sites for hydroxylation is 1. The van der Waals surface area contributed by atoms with Crippen LogP contribution < -0.4 is 9.47 Å². The molecule has 2 rings (SSSR count). The maximum atomic E-state index is 5.93. The van der Waals surface area contributed by atoms with E-state index in [2.05, 4.69) is 58.7 Å². The van der Waals surface area contributed by atoms with Crippen LogP contribution in [0.1, 0.15) is 69.7 Å². The molecule has 0 fully saturated rings. The number of aromatic nitrogens is 1. The number of benzene rings is 1. The monoisotopic (exact) mass is 341 g/mol. The van der Waals surface area contributed by atoms with E-state index in [0.717, 1.165) is 17.9 Å². The van der Waals surface area contributed by atoms with E-state index in [4.69, 9.17) is 9.47 Å². The molecule has 1 heterocycles. The lowest BCUT2D eigenvalue weighted by Gasteiger charge is -2.16. The third-order valence-corrected chi connectivity index (χ3v) is 4.32. The van der Waals surface area contributed by atoms with Gasteiger partial charge < -0.3 is 9.47 Å². The maximum Gasteiger partial charge on any atom is 0.213 e. The van der Waals surface area contributed by atoms with E-state index in [1.54, 1.807) is 0 Å². The number of hydrogen-bond acceptors (Lipinski definition) is 3. The van der Waals surface area contributed by atoms with Crippen molar-refractivity contribution in [1.29, 1.82) is 0 Å². The van der Waals surface area contributed by atoms with Gasteiger partial charge in [0.15, 0.2) is 0 Å². The summed E-state index contributed by atoms with van der Waals surface area (Å²) in [6, 6.07) is 12.3. The number of ether oxygens (including phenoxy) is 2. The zero-order chi connectivity index (χ0) is 18.4. The summed E-state index contributed by atoms with van der Waals surface area (Å²) in [6.45, 7) is 13.5. The fourth-order valence-electron chi connectivity index (χ4n) is 2.76. The molecule has 0 N–H and O–H groups in total. The Morgan fingerprint density at radius 2 is 1.72 bits per heavy atom. The molecule has 0 bridgehead atoms. The Morgan fingerprint density at radius 3 is 2.40 bits per heavy atom. The van der Waals surface area contributed by atoms with Crippen LogP contribution in [-0.4, -0.2) is 17.7 Å². The van der Waals surface area contributed by atoms with Crippen LogP contribution in [0.5, 0.6) is 11.6 Å². The van der Waals surface area contributed by atoms with E-state index in [1.807, 2.05) is 24.3 Å². The third-order valence-electron chi connectivity index (χ3n) is 4.32. The van der Waals surface area contributed by atoms with Crippen LogP contribution in [0.4, 0.5) is 0 Å². The van der Waals surface area contributed by atoms with Crippen molar-refractivity contribution in [2.45, 2.75) is 65.9 Å². The number of pyridine rings is 1. The van der Waals surface area contributed by atoms with Gasteiger partial charge in [0, 0.05) is 18.2 Å². The summed E-state index contributed by atoms with van der Waals surface area (Å²) < 4.78 is 11.9. The van der Waals surface area contributed by atoms with Crippen LogP contribution in [-0.2, 0) is 0 Å². The first-order valence-electron chi connectivity index (χ1n) is 9.23. The summed E-state index contributed by atoms with van der Waals surface area (Å²) in [5.74, 6) is 2.53. The Kier molecular flexibility index (Phi) is 6.86. The summed E-state index contributed by atoms with van der Waals surface area (Å²) in [5, 5.41) is 0. The second-order valence-electron chi connectivity index (χ2n) is 7.29. The van der Waals surface area contributed by atoms with Crippen LogP contribution in [0.2, 0.25) is 0 Å². The first kappa shape index (κ1) is 19.3. The topological polar surface area (TPSA) is 31.4 Å². The molecule has 1 unspecified atom stereocenters. The molecule has 0 saturated carbocycles. The van der Waals surface area contributed by atoms with E-state index in [-0.39, 0.29) is 6.10 Å². The molecule has 1 aromatic heterocycles. The molecule has 3 nitrogen and oxygen atoms in total. The fourth-order valence-corrected chi connectivity index (χ4v) is 2.76. The Labute approximate surface area is 152 Å². The Balaban J connectivity index is 1.85. The lowest BCUT2D eigenvalue weighted by atomic mass is 9.98. The molecule has 136 valence electrons. The minimum absolute atomic E-state index is 0.0601. The fraction of sp³-hybridized carbons (Fsp3) is 0.500. The van der Waals surface area contributed by atoms with Crippen molar-refractivity contribution in [2.75, 3.05) is 6.61 Å². The average molecular weight is 341 g/mol. The lowest BCUT2D eigenvalue weighted by Crippen LogP contribution is -2.16. The molecule has 2 aromatic rings. The standard InChI is InChI=1S/C22H31NO2/c1-15(2)20-14-19(11-10-17(20)5)24-13-12-18(6)25-22-9-7-8-21(23-22)16(3)4/h7-11,14-16,18H,12-13H2,1-6H3. The smallest absolute Gasteiger partial charge is 0.213 e. The third kappa shape index (κ3) is 5.77. The van der Waals surface area contributed by atoms with E-state index in [0.29, 0.717) is 24.3 Å². The first-order chi connectivity index (χ1) is 11.9. The van der Waals surface area contributed by atoms with Crippen LogP contribution in [0.15, 0.2) is 36.4 Å². The molecule has 0 saturated heterocycles. The van der Waals surface area contributed by atoms with Crippen molar-refractivity contribution in [3.63, 3.8) is 0 Å². The molecule has 0 aliphatic heterocycles. The van der Waals surface area contributed by atoms with E-state index in [1.165, 1.54) is 11.1 Å². The first-order valence-corrected chi connectivity index (χ1v) is 9.23. The molecular formula is C22H31NO2. The molecule has 0 radical (unpaired) electrons. The summed E-state index contributed by atoms with van der Waals surface area (Å²) in [5.41, 5.74) is 3.72. The van der Waals surface area contributed by atoms with Gasteiger partial charge >= 0.3 is 0 Å². The van der Waals surface area contributed by atoms with Gasteiger partial charge in [-0.1, -0.05) is 39.8 Å². The minimum Gasteiger partial charge on any atom is -0.493 e. The van der Waals surface area contributed by atoms with Gasteiger partial charge in [0.2, 0.25) is 5.88 Å². The summed E-state index contributed by atoms with van der Waals surface area (Å²) in [4.78, 5) is 4.56. The molecule has 0 amide bonds. The second kappa shape index (κ2) is 8.89. The number of nitrogens with zero attached hydrogens (tertiary/aromatic N) is 1. The lowest BCUT2D eigenvalue weighted by molar-refractivity contribution is 0.170. The molecule has 3 heteroatoms. The van der Waals surface area contributed by atoms with Gasteiger partial charge in [-0.05, 0) is 55.0 Å². The zero-order valence-corrected chi connectivity index (χ0v) is 16.4. The van der Waals surface area contributed by atoms with Crippen LogP contribution in [0.3, 0.4) is 0 Å². The number of hydrogen-bond donors (Lipinski definition) is 0. The predicted molar refractivity (Wildman–Crippen MR) is 104 cm³/mol. The molecule has 0 aliphatic carbocycles. The van der Waals surface area contributed by atoms with Gasteiger partial charge in [-0.15, -0.1) is 0 Å². The maximum absolute atomic E-state index is 5.93. The molecular weight excluding hydrogens is 310 g/mol. The highest BCUT2D eigenvalue weighted by atomic mass is 16.5. The van der Waals surface area contributed by atoms with E-state index < -0.39 is 0 Å². The van der Waals surface area contributed by atoms with Crippen LogP contribution in [0.25, 0.3) is 0 Å². The quantitative estimate of drug-likeness (QED) is 0.601. The SMILES string of the molecule is Cc1ccc(OCCC(C)Oc2cccc(C(C)C)n2)cc1C(C)C. The van der Waals surface area contributed by atoms with Gasteiger partial charge in [-0.2, -0.15) is 0 Å². The van der Waals surface area contributed by atoms with Gasteiger partial charge in [0.1, 0.15) is 11.9 Å². The van der Waals surface area contributed by atoms with E-state index in [9.17, 15) is 0 Å². The molecule has 25 heavy (non-hydrogen) atoms. The predicted octanol–water partition coefficient (Wildman–Crippen LogP) is 5.87. The minimum atomic E-state index is 0.0601. The highest BCUT2D eigenvalue weighted by Crippen LogP contribution is 2.24. The summed E-state index contributed by atoms with van der Waals surface area (Å²) in [7, 11) is 0.